The molecule has 1 nitrogen and oxygen atoms in total. The summed E-state index contributed by atoms with van der Waals surface area (Å²) in [4.78, 5) is 0. The van der Waals surface area contributed by atoms with Crippen molar-refractivity contribution in [3.05, 3.63) is 41.4 Å². The Balaban J connectivity index is 2.38. The predicted octanol–water partition coefficient (Wildman–Crippen LogP) is 2.33. The molecule has 1 aliphatic heterocycles. The van der Waals surface area contributed by atoms with E-state index < -0.39 is 0 Å². The zero-order chi connectivity index (χ0) is 7.52. The lowest BCUT2D eigenvalue weighted by Gasteiger charge is -2.15. The second-order valence-electron chi connectivity index (χ2n) is 2.68. The number of hydrogen-bond donors (Lipinski definition) is 0. The summed E-state index contributed by atoms with van der Waals surface area (Å²) in [5.74, 6) is 1.00. The Labute approximate surface area is 66.4 Å². The second kappa shape index (κ2) is 2.81. The molecule has 0 aromatic carbocycles. The average Bonchev–Trinajstić information content (AvgIpc) is 2.28. The summed E-state index contributed by atoms with van der Waals surface area (Å²) in [5.41, 5.74) is 4.33. The van der Waals surface area contributed by atoms with Gasteiger partial charge in [-0.05, 0) is 24.5 Å². The van der Waals surface area contributed by atoms with E-state index in [9.17, 15) is 0 Å². The Morgan fingerprint density at radius 2 is 2.45 bits per heavy atom. The third kappa shape index (κ3) is 1.28. The van der Waals surface area contributed by atoms with Gasteiger partial charge in [-0.25, -0.2) is 0 Å². The first-order chi connectivity index (χ1) is 5.47. The molecule has 0 N–H and O–H groups in total. The van der Waals surface area contributed by atoms with E-state index in [1.165, 1.54) is 5.57 Å². The van der Waals surface area contributed by atoms with E-state index in [0.717, 1.165) is 25.2 Å². The van der Waals surface area contributed by atoms with E-state index in [1.54, 1.807) is 0 Å². The Hall–Kier alpha value is -1.20. The molecule has 0 saturated carbocycles. The van der Waals surface area contributed by atoms with Gasteiger partial charge in [-0.2, -0.15) is 0 Å². The van der Waals surface area contributed by atoms with Gasteiger partial charge in [-0.1, -0.05) is 12.2 Å². The summed E-state index contributed by atoms with van der Waals surface area (Å²) in [6, 6.07) is 0. The molecule has 1 aliphatic carbocycles. The minimum absolute atomic E-state index is 0.852. The van der Waals surface area contributed by atoms with Crippen LogP contribution in [0.25, 0.3) is 0 Å². The molecule has 0 bridgehead atoms. The van der Waals surface area contributed by atoms with Crippen molar-refractivity contribution in [1.29, 1.82) is 0 Å². The Morgan fingerprint density at radius 3 is 3.45 bits per heavy atom. The van der Waals surface area contributed by atoms with Crippen LogP contribution < -0.4 is 0 Å². The second-order valence-corrected chi connectivity index (χ2v) is 2.68. The number of hydrogen-bond acceptors (Lipinski definition) is 1. The first-order valence-electron chi connectivity index (χ1n) is 3.92. The van der Waals surface area contributed by atoms with E-state index in [2.05, 4.69) is 11.8 Å². The molecule has 0 aromatic rings. The van der Waals surface area contributed by atoms with Crippen molar-refractivity contribution in [2.45, 2.75) is 12.8 Å². The van der Waals surface area contributed by atoms with Gasteiger partial charge in [0.15, 0.2) is 0 Å². The zero-order valence-corrected chi connectivity index (χ0v) is 6.34. The molecule has 0 spiro atoms. The molecule has 0 radical (unpaired) electrons. The molecule has 0 amide bonds. The Morgan fingerprint density at radius 1 is 1.45 bits per heavy atom. The molecule has 2 rings (SSSR count). The fourth-order valence-electron chi connectivity index (χ4n) is 1.30. The molecular weight excluding hydrogens is 136 g/mol. The van der Waals surface area contributed by atoms with Gasteiger partial charge in [0.05, 0.1) is 6.61 Å². The molecule has 0 fully saturated rings. The molecule has 0 unspecified atom stereocenters. The largest absolute Gasteiger partial charge is 0.493 e. The summed E-state index contributed by atoms with van der Waals surface area (Å²) < 4.78 is 5.45. The van der Waals surface area contributed by atoms with E-state index in [-0.39, 0.29) is 0 Å². The number of allylic oxidation sites excluding steroid dienone is 4. The van der Waals surface area contributed by atoms with Crippen molar-refractivity contribution in [2.75, 3.05) is 6.61 Å². The van der Waals surface area contributed by atoms with Crippen LogP contribution in [0.1, 0.15) is 12.8 Å². The third-order valence-corrected chi connectivity index (χ3v) is 1.87. The predicted molar refractivity (Wildman–Crippen MR) is 44.0 cm³/mol. The van der Waals surface area contributed by atoms with E-state index in [0.29, 0.717) is 0 Å². The summed E-state index contributed by atoms with van der Waals surface area (Å²) in [7, 11) is 0. The molecule has 56 valence electrons. The first-order valence-corrected chi connectivity index (χ1v) is 3.92. The van der Waals surface area contributed by atoms with E-state index >= 15 is 0 Å². The van der Waals surface area contributed by atoms with Gasteiger partial charge < -0.3 is 4.74 Å². The molecule has 0 saturated heterocycles. The van der Waals surface area contributed by atoms with Crippen molar-refractivity contribution in [1.82, 2.24) is 0 Å². The highest BCUT2D eigenvalue weighted by Crippen LogP contribution is 2.21. The van der Waals surface area contributed by atoms with Crippen molar-refractivity contribution in [3.8, 4) is 0 Å². The maximum absolute atomic E-state index is 5.45. The van der Waals surface area contributed by atoms with Crippen LogP contribution in [0.15, 0.2) is 41.4 Å². The van der Waals surface area contributed by atoms with Crippen LogP contribution in [0.2, 0.25) is 0 Å². The van der Waals surface area contributed by atoms with Crippen molar-refractivity contribution in [2.24, 2.45) is 0 Å². The van der Waals surface area contributed by atoms with Gasteiger partial charge in [0, 0.05) is 6.08 Å². The summed E-state index contributed by atoms with van der Waals surface area (Å²) >= 11 is 0. The fraction of sp³-hybridized carbons (Fsp3) is 0.300. The Kier molecular flexibility index (Phi) is 1.66. The van der Waals surface area contributed by atoms with Gasteiger partial charge in [-0.15, -0.1) is 5.73 Å². The van der Waals surface area contributed by atoms with Crippen LogP contribution in [0, 0.1) is 0 Å². The van der Waals surface area contributed by atoms with Crippen LogP contribution >= 0.6 is 0 Å². The highest BCUT2D eigenvalue weighted by atomic mass is 16.5. The highest BCUT2D eigenvalue weighted by molar-refractivity contribution is 5.34. The lowest BCUT2D eigenvalue weighted by Crippen LogP contribution is -2.03. The topological polar surface area (TPSA) is 9.23 Å². The average molecular weight is 146 g/mol. The van der Waals surface area contributed by atoms with E-state index in [1.807, 2.05) is 18.2 Å². The lowest BCUT2D eigenvalue weighted by atomic mass is 10.1. The van der Waals surface area contributed by atoms with Crippen molar-refractivity contribution >= 4 is 0 Å². The number of rotatable bonds is 0. The zero-order valence-electron chi connectivity index (χ0n) is 6.34. The molecular formula is C10H10O. The van der Waals surface area contributed by atoms with Gasteiger partial charge >= 0.3 is 0 Å². The van der Waals surface area contributed by atoms with Crippen LogP contribution in [0.5, 0.6) is 0 Å². The van der Waals surface area contributed by atoms with Gasteiger partial charge in [-0.3, -0.25) is 0 Å². The van der Waals surface area contributed by atoms with Crippen molar-refractivity contribution < 1.29 is 4.74 Å². The van der Waals surface area contributed by atoms with Crippen LogP contribution in [0.3, 0.4) is 0 Å². The molecule has 0 atom stereocenters. The minimum atomic E-state index is 0.852. The van der Waals surface area contributed by atoms with Crippen LogP contribution in [0.4, 0.5) is 0 Å². The smallest absolute Gasteiger partial charge is 0.130 e. The maximum atomic E-state index is 5.45. The minimum Gasteiger partial charge on any atom is -0.493 e. The van der Waals surface area contributed by atoms with Crippen LogP contribution in [-0.2, 0) is 4.74 Å². The van der Waals surface area contributed by atoms with Crippen molar-refractivity contribution in [3.63, 3.8) is 0 Å². The van der Waals surface area contributed by atoms with Gasteiger partial charge in [0.2, 0.25) is 0 Å². The lowest BCUT2D eigenvalue weighted by molar-refractivity contribution is 0.202. The SMILES string of the molecule is C1=CC=CC2=C(C=1)OCCC2. The molecule has 11 heavy (non-hydrogen) atoms. The van der Waals surface area contributed by atoms with Gasteiger partial charge in [0.25, 0.3) is 0 Å². The summed E-state index contributed by atoms with van der Waals surface area (Å²) in [6.07, 6.45) is 10.2. The summed E-state index contributed by atoms with van der Waals surface area (Å²) in [6.45, 7) is 0.852. The third-order valence-electron chi connectivity index (χ3n) is 1.87. The molecule has 0 aromatic heterocycles. The normalized spacial score (nSPS) is 21.1. The molecule has 2 aliphatic rings. The summed E-state index contributed by atoms with van der Waals surface area (Å²) in [5, 5.41) is 0. The monoisotopic (exact) mass is 146 g/mol. The first kappa shape index (κ1) is 6.51. The Bertz CT molecular complexity index is 275. The molecule has 1 heteroatoms. The fourth-order valence-corrected chi connectivity index (χ4v) is 1.30. The standard InChI is InChI=1S/C10H10O/c1-2-5-9-6-4-8-11-10(9)7-3-1/h1-2,5,7H,4,6,8H2. The molecule has 1 heterocycles. The quantitative estimate of drug-likeness (QED) is 0.476. The van der Waals surface area contributed by atoms with Crippen LogP contribution in [-0.4, -0.2) is 6.61 Å². The van der Waals surface area contributed by atoms with E-state index in [4.69, 9.17) is 4.74 Å². The van der Waals surface area contributed by atoms with Gasteiger partial charge in [0.1, 0.15) is 5.76 Å². The highest BCUT2D eigenvalue weighted by Gasteiger charge is 2.09. The number of ether oxygens (including phenoxy) is 1. The maximum Gasteiger partial charge on any atom is 0.130 e.